The lowest BCUT2D eigenvalue weighted by atomic mass is 10.00. The largest absolute Gasteiger partial charge is 0.481 e. The molecule has 1 saturated carbocycles. The summed E-state index contributed by atoms with van der Waals surface area (Å²) in [5, 5.41) is 9.00. The summed E-state index contributed by atoms with van der Waals surface area (Å²) < 4.78 is 0. The summed E-state index contributed by atoms with van der Waals surface area (Å²) in [7, 11) is 2.17. The molecule has 0 heterocycles. The number of rotatable bonds is 6. The normalized spacial score (nSPS) is 17.6. The molecule has 1 aliphatic carbocycles. The van der Waals surface area contributed by atoms with E-state index in [4.69, 9.17) is 5.11 Å². The molecule has 0 aliphatic heterocycles. The molecule has 1 fully saturated rings. The van der Waals surface area contributed by atoms with Crippen molar-refractivity contribution in [2.45, 2.75) is 45.1 Å². The highest BCUT2D eigenvalue weighted by Gasteiger charge is 2.17. The maximum Gasteiger partial charge on any atom is 0.310 e. The number of nitrogens with zero attached hydrogens (tertiary/aromatic N) is 1. The van der Waals surface area contributed by atoms with Gasteiger partial charge in [0.15, 0.2) is 0 Å². The zero-order valence-corrected chi connectivity index (χ0v) is 12.5. The molecule has 20 heavy (non-hydrogen) atoms. The van der Waals surface area contributed by atoms with E-state index in [1.807, 2.05) is 12.1 Å². The number of aliphatic carboxylic acids is 1. The number of carbonyl (C=O) groups is 1. The Bertz CT molecular complexity index is 435. The van der Waals surface area contributed by atoms with Crippen LogP contribution in [-0.4, -0.2) is 29.6 Å². The third-order valence-corrected chi connectivity index (χ3v) is 4.35. The zero-order valence-electron chi connectivity index (χ0n) is 12.5. The highest BCUT2D eigenvalue weighted by atomic mass is 16.4. The van der Waals surface area contributed by atoms with Gasteiger partial charge >= 0.3 is 5.97 Å². The van der Waals surface area contributed by atoms with Gasteiger partial charge in [-0.1, -0.05) is 37.1 Å². The smallest absolute Gasteiger partial charge is 0.310 e. The molecule has 0 bridgehead atoms. The standard InChI is InChI=1S/C17H25NO2/c1-13(17(19)20)16-9-7-15(8-10-16)12-18(2)11-14-5-3-4-6-14/h7-10,13-14H,3-6,11-12H2,1-2H3,(H,19,20). The number of carboxylic acid groups (broad SMARTS) is 1. The molecular weight excluding hydrogens is 250 g/mol. The molecule has 0 spiro atoms. The van der Waals surface area contributed by atoms with Crippen molar-refractivity contribution in [1.29, 1.82) is 0 Å². The first-order valence-electron chi connectivity index (χ1n) is 7.56. The van der Waals surface area contributed by atoms with E-state index in [-0.39, 0.29) is 0 Å². The Balaban J connectivity index is 1.87. The van der Waals surface area contributed by atoms with Gasteiger partial charge in [0.25, 0.3) is 0 Å². The van der Waals surface area contributed by atoms with E-state index >= 15 is 0 Å². The summed E-state index contributed by atoms with van der Waals surface area (Å²) in [6.07, 6.45) is 5.53. The molecule has 3 heteroatoms. The topological polar surface area (TPSA) is 40.5 Å². The van der Waals surface area contributed by atoms with Crippen LogP contribution in [0.25, 0.3) is 0 Å². The number of benzene rings is 1. The van der Waals surface area contributed by atoms with Crippen molar-refractivity contribution in [2.24, 2.45) is 5.92 Å². The maximum atomic E-state index is 10.9. The Morgan fingerprint density at radius 3 is 2.45 bits per heavy atom. The molecule has 0 saturated heterocycles. The molecule has 2 rings (SSSR count). The van der Waals surface area contributed by atoms with Crippen molar-refractivity contribution < 1.29 is 9.90 Å². The highest BCUT2D eigenvalue weighted by molar-refractivity contribution is 5.75. The van der Waals surface area contributed by atoms with Gasteiger partial charge in [0.1, 0.15) is 0 Å². The van der Waals surface area contributed by atoms with E-state index in [9.17, 15) is 4.79 Å². The molecule has 1 aliphatic rings. The van der Waals surface area contributed by atoms with Crippen molar-refractivity contribution in [2.75, 3.05) is 13.6 Å². The molecule has 0 radical (unpaired) electrons. The number of carboxylic acids is 1. The van der Waals surface area contributed by atoms with Crippen molar-refractivity contribution in [3.63, 3.8) is 0 Å². The van der Waals surface area contributed by atoms with E-state index in [1.54, 1.807) is 6.92 Å². The van der Waals surface area contributed by atoms with Crippen LogP contribution >= 0.6 is 0 Å². The molecule has 1 N–H and O–H groups in total. The van der Waals surface area contributed by atoms with Crippen molar-refractivity contribution >= 4 is 5.97 Å². The van der Waals surface area contributed by atoms with E-state index in [1.165, 1.54) is 37.8 Å². The zero-order chi connectivity index (χ0) is 14.5. The van der Waals surface area contributed by atoms with Crippen LogP contribution in [0.4, 0.5) is 0 Å². The van der Waals surface area contributed by atoms with Gasteiger partial charge in [-0.05, 0) is 43.9 Å². The Kier molecular flexibility index (Phi) is 5.18. The Morgan fingerprint density at radius 1 is 1.30 bits per heavy atom. The predicted molar refractivity (Wildman–Crippen MR) is 80.8 cm³/mol. The fourth-order valence-electron chi connectivity index (χ4n) is 3.06. The summed E-state index contributed by atoms with van der Waals surface area (Å²) >= 11 is 0. The lowest BCUT2D eigenvalue weighted by molar-refractivity contribution is -0.138. The third kappa shape index (κ3) is 4.07. The molecule has 1 atom stereocenters. The van der Waals surface area contributed by atoms with Gasteiger partial charge in [0, 0.05) is 13.1 Å². The number of hydrogen-bond donors (Lipinski definition) is 1. The second-order valence-corrected chi connectivity index (χ2v) is 6.15. The van der Waals surface area contributed by atoms with Gasteiger partial charge in [-0.25, -0.2) is 0 Å². The van der Waals surface area contributed by atoms with Crippen molar-refractivity contribution in [3.05, 3.63) is 35.4 Å². The Labute approximate surface area is 121 Å². The predicted octanol–water partition coefficient (Wildman–Crippen LogP) is 3.50. The van der Waals surface area contributed by atoms with Crippen LogP contribution in [0.2, 0.25) is 0 Å². The fourth-order valence-corrected chi connectivity index (χ4v) is 3.06. The van der Waals surface area contributed by atoms with Crippen LogP contribution in [0, 0.1) is 5.92 Å². The molecule has 1 unspecified atom stereocenters. The molecule has 0 aromatic heterocycles. The van der Waals surface area contributed by atoms with E-state index in [0.717, 1.165) is 18.0 Å². The summed E-state index contributed by atoms with van der Waals surface area (Å²) in [6.45, 7) is 3.84. The van der Waals surface area contributed by atoms with E-state index in [0.29, 0.717) is 0 Å². The van der Waals surface area contributed by atoms with Crippen LogP contribution < -0.4 is 0 Å². The summed E-state index contributed by atoms with van der Waals surface area (Å²) in [4.78, 5) is 13.3. The van der Waals surface area contributed by atoms with E-state index < -0.39 is 11.9 Å². The second kappa shape index (κ2) is 6.89. The molecular formula is C17H25NO2. The second-order valence-electron chi connectivity index (χ2n) is 6.15. The van der Waals surface area contributed by atoms with Gasteiger partial charge in [-0.15, -0.1) is 0 Å². The molecule has 1 aromatic rings. The van der Waals surface area contributed by atoms with Crippen LogP contribution in [0.5, 0.6) is 0 Å². The summed E-state index contributed by atoms with van der Waals surface area (Å²) in [6, 6.07) is 7.99. The first-order valence-corrected chi connectivity index (χ1v) is 7.56. The van der Waals surface area contributed by atoms with E-state index in [2.05, 4.69) is 24.1 Å². The van der Waals surface area contributed by atoms with Crippen molar-refractivity contribution in [3.8, 4) is 0 Å². The minimum atomic E-state index is -0.767. The third-order valence-electron chi connectivity index (χ3n) is 4.35. The van der Waals surface area contributed by atoms with Gasteiger partial charge < -0.3 is 10.0 Å². The fraction of sp³-hybridized carbons (Fsp3) is 0.588. The van der Waals surface area contributed by atoms with Crippen LogP contribution in [0.1, 0.15) is 49.7 Å². The monoisotopic (exact) mass is 275 g/mol. The lowest BCUT2D eigenvalue weighted by Gasteiger charge is -2.21. The van der Waals surface area contributed by atoms with Gasteiger partial charge in [0.05, 0.1) is 5.92 Å². The minimum absolute atomic E-state index is 0.430. The Morgan fingerprint density at radius 2 is 1.90 bits per heavy atom. The maximum absolute atomic E-state index is 10.9. The van der Waals surface area contributed by atoms with Crippen LogP contribution in [-0.2, 0) is 11.3 Å². The summed E-state index contributed by atoms with van der Waals surface area (Å²) in [5.41, 5.74) is 2.13. The van der Waals surface area contributed by atoms with Crippen LogP contribution in [0.15, 0.2) is 24.3 Å². The average molecular weight is 275 g/mol. The molecule has 0 amide bonds. The minimum Gasteiger partial charge on any atom is -0.481 e. The van der Waals surface area contributed by atoms with Gasteiger partial charge in [-0.2, -0.15) is 0 Å². The lowest BCUT2D eigenvalue weighted by Crippen LogP contribution is -2.24. The summed E-state index contributed by atoms with van der Waals surface area (Å²) in [5.74, 6) is -0.331. The van der Waals surface area contributed by atoms with Crippen molar-refractivity contribution in [1.82, 2.24) is 4.90 Å². The first kappa shape index (κ1) is 15.0. The van der Waals surface area contributed by atoms with Crippen LogP contribution in [0.3, 0.4) is 0 Å². The average Bonchev–Trinajstić information content (AvgIpc) is 2.91. The molecule has 3 nitrogen and oxygen atoms in total. The SMILES string of the molecule is CC(C(=O)O)c1ccc(CN(C)CC2CCCC2)cc1. The highest BCUT2D eigenvalue weighted by Crippen LogP contribution is 2.25. The number of hydrogen-bond acceptors (Lipinski definition) is 2. The van der Waals surface area contributed by atoms with Gasteiger partial charge in [-0.3, -0.25) is 4.79 Å². The molecule has 1 aromatic carbocycles. The Hall–Kier alpha value is -1.35. The first-order chi connectivity index (χ1) is 9.56. The molecule has 110 valence electrons. The quantitative estimate of drug-likeness (QED) is 0.864. The van der Waals surface area contributed by atoms with Gasteiger partial charge in [0.2, 0.25) is 0 Å².